The Morgan fingerprint density at radius 2 is 1.88 bits per heavy atom. The van der Waals surface area contributed by atoms with Crippen molar-refractivity contribution in [3.05, 3.63) is 29.3 Å². The van der Waals surface area contributed by atoms with Crippen molar-refractivity contribution in [2.45, 2.75) is 52.3 Å². The molecule has 0 bridgehead atoms. The Morgan fingerprint density at radius 1 is 1.24 bits per heavy atom. The molecule has 1 aromatic rings. The molecule has 2 rings (SSSR count). The highest BCUT2D eigenvalue weighted by atomic mass is 19.4. The largest absolute Gasteiger partial charge is 0.408 e. The van der Waals surface area contributed by atoms with Crippen molar-refractivity contribution in [3.63, 3.8) is 0 Å². The van der Waals surface area contributed by atoms with Gasteiger partial charge in [-0.05, 0) is 55.4 Å². The van der Waals surface area contributed by atoms with E-state index in [1.165, 1.54) is 12.1 Å². The number of carbonyl (C=O) groups excluding carboxylic acids is 2. The van der Waals surface area contributed by atoms with E-state index >= 15 is 0 Å². The predicted molar refractivity (Wildman–Crippen MR) is 89.3 cm³/mol. The van der Waals surface area contributed by atoms with Gasteiger partial charge in [0.1, 0.15) is 6.04 Å². The second-order valence-electron chi connectivity index (χ2n) is 7.01. The molecule has 2 N–H and O–H groups in total. The van der Waals surface area contributed by atoms with Crippen molar-refractivity contribution < 1.29 is 22.8 Å². The van der Waals surface area contributed by atoms with Crippen LogP contribution in [0.3, 0.4) is 0 Å². The number of alkyl halides is 3. The van der Waals surface area contributed by atoms with Crippen LogP contribution in [0.1, 0.15) is 49.0 Å². The zero-order valence-electron chi connectivity index (χ0n) is 14.5. The van der Waals surface area contributed by atoms with Crippen LogP contribution in [0.15, 0.2) is 18.2 Å². The van der Waals surface area contributed by atoms with Crippen molar-refractivity contribution in [3.8, 4) is 0 Å². The Hall–Kier alpha value is -2.05. The molecule has 2 amide bonds. The van der Waals surface area contributed by atoms with Gasteiger partial charge in [-0.2, -0.15) is 13.2 Å². The van der Waals surface area contributed by atoms with E-state index in [-0.39, 0.29) is 17.4 Å². The van der Waals surface area contributed by atoms with E-state index in [4.69, 9.17) is 0 Å². The van der Waals surface area contributed by atoms with Crippen LogP contribution >= 0.6 is 0 Å². The third-order valence-electron chi connectivity index (χ3n) is 4.09. The summed E-state index contributed by atoms with van der Waals surface area (Å²) in [6.07, 6.45) is -3.12. The van der Waals surface area contributed by atoms with Crippen LogP contribution in [0.25, 0.3) is 0 Å². The van der Waals surface area contributed by atoms with Gasteiger partial charge in [0.15, 0.2) is 0 Å². The molecule has 1 fully saturated rings. The summed E-state index contributed by atoms with van der Waals surface area (Å²) >= 11 is 0. The molecule has 0 aliphatic heterocycles. The Morgan fingerprint density at radius 3 is 2.36 bits per heavy atom. The van der Waals surface area contributed by atoms with E-state index in [0.29, 0.717) is 30.5 Å². The molecular formula is C18H23F3N2O2. The van der Waals surface area contributed by atoms with Gasteiger partial charge in [-0.15, -0.1) is 0 Å². The van der Waals surface area contributed by atoms with E-state index in [9.17, 15) is 22.8 Å². The highest BCUT2D eigenvalue weighted by molar-refractivity contribution is 5.96. The fraction of sp³-hybridized carbons (Fsp3) is 0.556. The number of rotatable bonds is 6. The maximum atomic E-state index is 13.0. The second-order valence-corrected chi connectivity index (χ2v) is 7.01. The van der Waals surface area contributed by atoms with Crippen molar-refractivity contribution in [2.75, 3.05) is 5.32 Å². The summed E-state index contributed by atoms with van der Waals surface area (Å²) in [6.45, 7) is 5.55. The average molecular weight is 356 g/mol. The smallest absolute Gasteiger partial charge is 0.340 e. The summed E-state index contributed by atoms with van der Waals surface area (Å²) in [7, 11) is 0. The van der Waals surface area contributed by atoms with Crippen molar-refractivity contribution in [2.24, 2.45) is 11.8 Å². The molecule has 25 heavy (non-hydrogen) atoms. The molecular weight excluding hydrogens is 333 g/mol. The topological polar surface area (TPSA) is 58.2 Å². The van der Waals surface area contributed by atoms with Gasteiger partial charge in [0, 0.05) is 17.7 Å². The van der Waals surface area contributed by atoms with Crippen LogP contribution in [0.5, 0.6) is 0 Å². The van der Waals surface area contributed by atoms with E-state index in [1.807, 2.05) is 13.8 Å². The number of halogens is 3. The number of hydrogen-bond donors (Lipinski definition) is 2. The number of amides is 2. The standard InChI is InChI=1S/C18H23F3N2O2/c1-10(2)8-15(24)22-14-7-6-13(9-11(14)3)17(25)23-16(12-4-5-12)18(19,20)21/h6-7,9-10,12,16H,4-5,8H2,1-3H3,(H,22,24)(H,23,25). The summed E-state index contributed by atoms with van der Waals surface area (Å²) in [4.78, 5) is 24.0. The van der Waals surface area contributed by atoms with Crippen molar-refractivity contribution >= 4 is 17.5 Å². The Bertz CT molecular complexity index is 652. The summed E-state index contributed by atoms with van der Waals surface area (Å²) in [5.74, 6) is -1.20. The third kappa shape index (κ3) is 5.47. The predicted octanol–water partition coefficient (Wildman–Crippen LogP) is 4.05. The summed E-state index contributed by atoms with van der Waals surface area (Å²) in [5.41, 5.74) is 1.32. The molecule has 138 valence electrons. The highest BCUT2D eigenvalue weighted by Crippen LogP contribution is 2.40. The minimum absolute atomic E-state index is 0.138. The van der Waals surface area contributed by atoms with Gasteiger partial charge in [-0.25, -0.2) is 0 Å². The Kier molecular flexibility index (Phi) is 5.75. The first kappa shape index (κ1) is 19.3. The number of carbonyl (C=O) groups is 2. The Labute approximate surface area is 145 Å². The van der Waals surface area contributed by atoms with E-state index < -0.39 is 24.0 Å². The van der Waals surface area contributed by atoms with Gasteiger partial charge in [-0.3, -0.25) is 9.59 Å². The molecule has 0 aromatic heterocycles. The zero-order chi connectivity index (χ0) is 18.8. The van der Waals surface area contributed by atoms with Crippen LogP contribution in [0.4, 0.5) is 18.9 Å². The van der Waals surface area contributed by atoms with Gasteiger partial charge >= 0.3 is 6.18 Å². The van der Waals surface area contributed by atoms with Crippen LogP contribution in [0, 0.1) is 18.8 Å². The molecule has 1 aromatic carbocycles. The number of benzene rings is 1. The van der Waals surface area contributed by atoms with Gasteiger partial charge in [0.2, 0.25) is 5.91 Å². The van der Waals surface area contributed by atoms with Gasteiger partial charge in [0.05, 0.1) is 0 Å². The fourth-order valence-corrected chi connectivity index (χ4v) is 2.64. The van der Waals surface area contributed by atoms with Gasteiger partial charge < -0.3 is 10.6 Å². The van der Waals surface area contributed by atoms with Gasteiger partial charge in [-0.1, -0.05) is 13.8 Å². The minimum Gasteiger partial charge on any atom is -0.340 e. The molecule has 1 unspecified atom stereocenters. The van der Waals surface area contributed by atoms with Crippen LogP contribution in [-0.4, -0.2) is 24.0 Å². The minimum atomic E-state index is -4.45. The van der Waals surface area contributed by atoms with Crippen LogP contribution in [-0.2, 0) is 4.79 Å². The molecule has 1 aliphatic carbocycles. The first-order valence-corrected chi connectivity index (χ1v) is 8.36. The molecule has 0 spiro atoms. The molecule has 7 heteroatoms. The molecule has 4 nitrogen and oxygen atoms in total. The first-order valence-electron chi connectivity index (χ1n) is 8.36. The van der Waals surface area contributed by atoms with E-state index in [2.05, 4.69) is 10.6 Å². The number of nitrogens with one attached hydrogen (secondary N) is 2. The Balaban J connectivity index is 2.06. The molecule has 1 atom stereocenters. The summed E-state index contributed by atoms with van der Waals surface area (Å²) < 4.78 is 39.0. The normalized spacial score (nSPS) is 15.8. The summed E-state index contributed by atoms with van der Waals surface area (Å²) in [6, 6.07) is 2.65. The molecule has 1 aliphatic rings. The fourth-order valence-electron chi connectivity index (χ4n) is 2.64. The van der Waals surface area contributed by atoms with Crippen LogP contribution < -0.4 is 10.6 Å². The lowest BCUT2D eigenvalue weighted by molar-refractivity contribution is -0.158. The SMILES string of the molecule is Cc1cc(C(=O)NC(C2CC2)C(F)(F)F)ccc1NC(=O)CC(C)C. The third-order valence-corrected chi connectivity index (χ3v) is 4.09. The van der Waals surface area contributed by atoms with Crippen molar-refractivity contribution in [1.82, 2.24) is 5.32 Å². The molecule has 1 saturated carbocycles. The quantitative estimate of drug-likeness (QED) is 0.808. The highest BCUT2D eigenvalue weighted by Gasteiger charge is 2.49. The lowest BCUT2D eigenvalue weighted by Gasteiger charge is -2.21. The van der Waals surface area contributed by atoms with E-state index in [1.54, 1.807) is 13.0 Å². The first-order chi connectivity index (χ1) is 11.6. The maximum Gasteiger partial charge on any atom is 0.408 e. The van der Waals surface area contributed by atoms with Gasteiger partial charge in [0.25, 0.3) is 5.91 Å². The maximum absolute atomic E-state index is 13.0. The summed E-state index contributed by atoms with van der Waals surface area (Å²) in [5, 5.41) is 4.85. The number of hydrogen-bond acceptors (Lipinski definition) is 2. The lowest BCUT2D eigenvalue weighted by Crippen LogP contribution is -2.46. The average Bonchev–Trinajstić information content (AvgIpc) is 3.29. The molecule has 0 radical (unpaired) electrons. The lowest BCUT2D eigenvalue weighted by atomic mass is 10.1. The van der Waals surface area contributed by atoms with Crippen LogP contribution in [0.2, 0.25) is 0 Å². The zero-order valence-corrected chi connectivity index (χ0v) is 14.5. The molecule has 0 heterocycles. The number of aryl methyl sites for hydroxylation is 1. The van der Waals surface area contributed by atoms with E-state index in [0.717, 1.165) is 0 Å². The van der Waals surface area contributed by atoms with Crippen molar-refractivity contribution in [1.29, 1.82) is 0 Å². The monoisotopic (exact) mass is 356 g/mol. The number of anilines is 1. The molecule has 0 saturated heterocycles. The second kappa shape index (κ2) is 7.45.